The number of rotatable bonds is 3. The van der Waals surface area contributed by atoms with E-state index in [9.17, 15) is 8.78 Å². The number of halogens is 2. The first-order valence-corrected chi connectivity index (χ1v) is 5.37. The fourth-order valence-corrected chi connectivity index (χ4v) is 1.77. The Balaban J connectivity index is 2.56. The standard InChI is InChI=1S/C12H13F2N3/c1-2-17-12(14)11(7-16-17)10-4-3-9(13)5-8(10)6-15/h3-5,7H,2,6,15H2,1H3. The lowest BCUT2D eigenvalue weighted by atomic mass is 10.0. The second-order valence-electron chi connectivity index (χ2n) is 3.67. The minimum atomic E-state index is -0.422. The summed E-state index contributed by atoms with van der Waals surface area (Å²) >= 11 is 0. The van der Waals surface area contributed by atoms with Crippen molar-refractivity contribution in [3.05, 3.63) is 41.7 Å². The molecule has 1 heterocycles. The van der Waals surface area contributed by atoms with Crippen LogP contribution in [0.4, 0.5) is 8.78 Å². The number of nitrogens with zero attached hydrogens (tertiary/aromatic N) is 2. The van der Waals surface area contributed by atoms with Crippen LogP contribution in [0.2, 0.25) is 0 Å². The van der Waals surface area contributed by atoms with Crippen LogP contribution in [0.3, 0.4) is 0 Å². The van der Waals surface area contributed by atoms with Crippen LogP contribution in [0.25, 0.3) is 11.1 Å². The second kappa shape index (κ2) is 4.63. The lowest BCUT2D eigenvalue weighted by molar-refractivity contribution is 0.473. The normalized spacial score (nSPS) is 10.8. The van der Waals surface area contributed by atoms with E-state index < -0.39 is 5.95 Å². The molecule has 17 heavy (non-hydrogen) atoms. The molecule has 1 aromatic carbocycles. The Morgan fingerprint density at radius 2 is 2.06 bits per heavy atom. The molecule has 2 N–H and O–H groups in total. The van der Waals surface area contributed by atoms with Gasteiger partial charge in [0.15, 0.2) is 0 Å². The maximum absolute atomic E-state index is 13.9. The minimum Gasteiger partial charge on any atom is -0.326 e. The third-order valence-corrected chi connectivity index (χ3v) is 2.65. The highest BCUT2D eigenvalue weighted by Crippen LogP contribution is 2.26. The fourth-order valence-electron chi connectivity index (χ4n) is 1.77. The average Bonchev–Trinajstić information content (AvgIpc) is 2.70. The first-order valence-electron chi connectivity index (χ1n) is 5.37. The number of aryl methyl sites for hydroxylation is 1. The molecule has 90 valence electrons. The van der Waals surface area contributed by atoms with Gasteiger partial charge in [-0.1, -0.05) is 6.07 Å². The molecular weight excluding hydrogens is 224 g/mol. The zero-order valence-electron chi connectivity index (χ0n) is 9.45. The van der Waals surface area contributed by atoms with Gasteiger partial charge in [-0.15, -0.1) is 0 Å². The monoisotopic (exact) mass is 237 g/mol. The molecule has 0 radical (unpaired) electrons. The topological polar surface area (TPSA) is 43.8 Å². The Hall–Kier alpha value is -1.75. The van der Waals surface area contributed by atoms with Gasteiger partial charge in [-0.25, -0.2) is 9.07 Å². The van der Waals surface area contributed by atoms with Gasteiger partial charge in [-0.3, -0.25) is 0 Å². The zero-order valence-corrected chi connectivity index (χ0v) is 9.45. The predicted octanol–water partition coefficient (Wildman–Crippen LogP) is 2.31. The van der Waals surface area contributed by atoms with E-state index in [0.29, 0.717) is 23.2 Å². The van der Waals surface area contributed by atoms with Crippen molar-refractivity contribution in [3.63, 3.8) is 0 Å². The quantitative estimate of drug-likeness (QED) is 0.890. The van der Waals surface area contributed by atoms with Gasteiger partial charge in [-0.2, -0.15) is 9.49 Å². The summed E-state index contributed by atoms with van der Waals surface area (Å²) in [6.07, 6.45) is 1.44. The molecule has 0 bridgehead atoms. The molecule has 5 heteroatoms. The van der Waals surface area contributed by atoms with Gasteiger partial charge in [0.25, 0.3) is 0 Å². The van der Waals surface area contributed by atoms with Crippen LogP contribution < -0.4 is 5.73 Å². The van der Waals surface area contributed by atoms with Gasteiger partial charge in [0.05, 0.1) is 11.8 Å². The van der Waals surface area contributed by atoms with Crippen LogP contribution in [-0.2, 0) is 13.1 Å². The third-order valence-electron chi connectivity index (χ3n) is 2.65. The van der Waals surface area contributed by atoms with E-state index in [2.05, 4.69) is 5.10 Å². The van der Waals surface area contributed by atoms with Gasteiger partial charge in [-0.05, 0) is 30.2 Å². The lowest BCUT2D eigenvalue weighted by Gasteiger charge is -2.06. The van der Waals surface area contributed by atoms with E-state index in [1.807, 2.05) is 0 Å². The Morgan fingerprint density at radius 1 is 1.29 bits per heavy atom. The molecule has 3 nitrogen and oxygen atoms in total. The van der Waals surface area contributed by atoms with Crippen molar-refractivity contribution in [1.82, 2.24) is 9.78 Å². The van der Waals surface area contributed by atoms with Gasteiger partial charge >= 0.3 is 0 Å². The highest BCUT2D eigenvalue weighted by Gasteiger charge is 2.14. The van der Waals surface area contributed by atoms with E-state index in [0.717, 1.165) is 0 Å². The highest BCUT2D eigenvalue weighted by atomic mass is 19.1. The Labute approximate surface area is 97.9 Å². The van der Waals surface area contributed by atoms with Crippen molar-refractivity contribution in [1.29, 1.82) is 0 Å². The van der Waals surface area contributed by atoms with Crippen molar-refractivity contribution in [2.45, 2.75) is 20.0 Å². The van der Waals surface area contributed by atoms with E-state index in [-0.39, 0.29) is 12.4 Å². The molecule has 0 amide bonds. The van der Waals surface area contributed by atoms with Gasteiger partial charge in [0.2, 0.25) is 5.95 Å². The van der Waals surface area contributed by atoms with Crippen LogP contribution in [-0.4, -0.2) is 9.78 Å². The molecule has 0 aliphatic carbocycles. The molecule has 0 atom stereocenters. The van der Waals surface area contributed by atoms with Crippen molar-refractivity contribution in [3.8, 4) is 11.1 Å². The molecule has 0 saturated carbocycles. The van der Waals surface area contributed by atoms with Crippen molar-refractivity contribution in [2.75, 3.05) is 0 Å². The molecule has 2 aromatic rings. The molecule has 0 unspecified atom stereocenters. The summed E-state index contributed by atoms with van der Waals surface area (Å²) < 4.78 is 28.2. The predicted molar refractivity (Wildman–Crippen MR) is 61.1 cm³/mol. The molecule has 0 fully saturated rings. The molecule has 0 spiro atoms. The number of hydrogen-bond donors (Lipinski definition) is 1. The molecule has 0 saturated heterocycles. The maximum atomic E-state index is 13.9. The Bertz CT molecular complexity index is 535. The van der Waals surface area contributed by atoms with Crippen LogP contribution in [0.5, 0.6) is 0 Å². The summed E-state index contributed by atoms with van der Waals surface area (Å²) in [4.78, 5) is 0. The van der Waals surface area contributed by atoms with Crippen molar-refractivity contribution < 1.29 is 8.78 Å². The number of aromatic nitrogens is 2. The first-order chi connectivity index (χ1) is 8.17. The molecular formula is C12H13F2N3. The summed E-state index contributed by atoms with van der Waals surface area (Å²) in [6, 6.07) is 4.13. The van der Waals surface area contributed by atoms with Gasteiger partial charge < -0.3 is 5.73 Å². The minimum absolute atomic E-state index is 0.157. The van der Waals surface area contributed by atoms with E-state index in [4.69, 9.17) is 5.73 Å². The SMILES string of the molecule is CCn1ncc(-c2ccc(F)cc2CN)c1F. The van der Waals surface area contributed by atoms with Crippen molar-refractivity contribution in [2.24, 2.45) is 5.73 Å². The van der Waals surface area contributed by atoms with Crippen LogP contribution in [0.1, 0.15) is 12.5 Å². The van der Waals surface area contributed by atoms with E-state index in [1.165, 1.54) is 29.1 Å². The Kier molecular flexibility index (Phi) is 3.19. The summed E-state index contributed by atoms with van der Waals surface area (Å²) in [7, 11) is 0. The third kappa shape index (κ3) is 2.06. The van der Waals surface area contributed by atoms with Crippen molar-refractivity contribution >= 4 is 0 Å². The molecule has 1 aromatic heterocycles. The molecule has 0 aliphatic rings. The number of benzene rings is 1. The molecule has 2 rings (SSSR count). The van der Waals surface area contributed by atoms with Crippen LogP contribution >= 0.6 is 0 Å². The average molecular weight is 237 g/mol. The maximum Gasteiger partial charge on any atom is 0.219 e. The summed E-state index contributed by atoms with van der Waals surface area (Å²) in [5.41, 5.74) is 7.04. The Morgan fingerprint density at radius 3 is 2.65 bits per heavy atom. The van der Waals surface area contributed by atoms with Crippen LogP contribution in [0.15, 0.2) is 24.4 Å². The number of nitrogens with two attached hydrogens (primary N) is 1. The van der Waals surface area contributed by atoms with Crippen LogP contribution in [0, 0.1) is 11.8 Å². The first kappa shape index (κ1) is 11.7. The van der Waals surface area contributed by atoms with E-state index in [1.54, 1.807) is 6.92 Å². The number of hydrogen-bond acceptors (Lipinski definition) is 2. The molecule has 0 aliphatic heterocycles. The largest absolute Gasteiger partial charge is 0.326 e. The summed E-state index contributed by atoms with van der Waals surface area (Å²) in [6.45, 7) is 2.41. The zero-order chi connectivity index (χ0) is 12.4. The smallest absolute Gasteiger partial charge is 0.219 e. The lowest BCUT2D eigenvalue weighted by Crippen LogP contribution is -2.02. The summed E-state index contributed by atoms with van der Waals surface area (Å²) in [5, 5.41) is 3.92. The summed E-state index contributed by atoms with van der Waals surface area (Å²) in [5.74, 6) is -0.800. The van der Waals surface area contributed by atoms with Gasteiger partial charge in [0, 0.05) is 13.1 Å². The van der Waals surface area contributed by atoms with E-state index >= 15 is 0 Å². The highest BCUT2D eigenvalue weighted by molar-refractivity contribution is 5.66. The fraction of sp³-hybridized carbons (Fsp3) is 0.250. The van der Waals surface area contributed by atoms with Gasteiger partial charge in [0.1, 0.15) is 5.82 Å². The second-order valence-corrected chi connectivity index (χ2v) is 3.67.